The minimum Gasteiger partial charge on any atom is -0.325 e. The lowest BCUT2D eigenvalue weighted by Crippen LogP contribution is -2.42. The molecule has 0 aliphatic carbocycles. The summed E-state index contributed by atoms with van der Waals surface area (Å²) in [5.74, 6) is -1.07. The van der Waals surface area contributed by atoms with Crippen molar-refractivity contribution in [3.05, 3.63) is 63.1 Å². The van der Waals surface area contributed by atoms with Crippen molar-refractivity contribution in [3.8, 4) is 0 Å². The van der Waals surface area contributed by atoms with Crippen LogP contribution >= 0.6 is 34.8 Å². The quantitative estimate of drug-likeness (QED) is 0.724. The highest BCUT2D eigenvalue weighted by molar-refractivity contribution is 6.42. The molecule has 0 saturated carbocycles. The number of imide groups is 1. The summed E-state index contributed by atoms with van der Waals surface area (Å²) in [5, 5.41) is 6.34. The lowest BCUT2D eigenvalue weighted by Gasteiger charge is -2.22. The number of nitrogens with zero attached hydrogens (tertiary/aromatic N) is 1. The van der Waals surface area contributed by atoms with Gasteiger partial charge in [-0.15, -0.1) is 0 Å². The van der Waals surface area contributed by atoms with Crippen LogP contribution in [0.3, 0.4) is 0 Å². The predicted molar refractivity (Wildman–Crippen MR) is 104 cm³/mol. The zero-order valence-corrected chi connectivity index (χ0v) is 16.3. The second kappa shape index (κ2) is 7.38. The summed E-state index contributed by atoms with van der Waals surface area (Å²) in [4.78, 5) is 38.2. The third-order valence-corrected chi connectivity index (χ3v) is 5.19. The molecule has 0 aromatic heterocycles. The fourth-order valence-electron chi connectivity index (χ4n) is 2.72. The summed E-state index contributed by atoms with van der Waals surface area (Å²) in [5.41, 5.74) is -0.370. The van der Waals surface area contributed by atoms with E-state index in [0.717, 1.165) is 4.90 Å². The van der Waals surface area contributed by atoms with Crippen molar-refractivity contribution >= 4 is 58.3 Å². The van der Waals surface area contributed by atoms with E-state index in [1.54, 1.807) is 43.3 Å². The first-order valence-electron chi connectivity index (χ1n) is 7.86. The zero-order chi connectivity index (χ0) is 19.8. The van der Waals surface area contributed by atoms with Gasteiger partial charge in [-0.05, 0) is 48.9 Å². The number of benzene rings is 2. The van der Waals surface area contributed by atoms with Gasteiger partial charge in [-0.3, -0.25) is 14.5 Å². The van der Waals surface area contributed by atoms with Gasteiger partial charge in [-0.1, -0.05) is 40.9 Å². The van der Waals surface area contributed by atoms with Crippen molar-refractivity contribution < 1.29 is 14.4 Å². The molecule has 4 amide bonds. The lowest BCUT2D eigenvalue weighted by atomic mass is 9.92. The van der Waals surface area contributed by atoms with Crippen LogP contribution in [0.15, 0.2) is 42.5 Å². The minimum atomic E-state index is -1.34. The van der Waals surface area contributed by atoms with Gasteiger partial charge in [0.15, 0.2) is 0 Å². The normalized spacial score (nSPS) is 19.2. The summed E-state index contributed by atoms with van der Waals surface area (Å²) < 4.78 is 0. The second-order valence-electron chi connectivity index (χ2n) is 6.13. The van der Waals surface area contributed by atoms with Crippen LogP contribution in [0, 0.1) is 0 Å². The number of halogens is 3. The van der Waals surface area contributed by atoms with E-state index >= 15 is 0 Å². The van der Waals surface area contributed by atoms with E-state index in [1.165, 1.54) is 6.07 Å². The zero-order valence-electron chi connectivity index (χ0n) is 14.1. The van der Waals surface area contributed by atoms with Gasteiger partial charge in [0, 0.05) is 10.7 Å². The first-order valence-corrected chi connectivity index (χ1v) is 8.99. The SMILES string of the molecule is CC1(c2ccc(Cl)c(Cl)c2)NC(=O)N(CC(=O)Nc2ccc(Cl)cc2)C1=O. The fraction of sp³-hybridized carbons (Fsp3) is 0.167. The van der Waals surface area contributed by atoms with Crippen LogP contribution in [0.25, 0.3) is 0 Å². The van der Waals surface area contributed by atoms with E-state index in [0.29, 0.717) is 21.3 Å². The molecule has 1 aliphatic heterocycles. The Morgan fingerprint density at radius 3 is 2.37 bits per heavy atom. The first kappa shape index (κ1) is 19.5. The summed E-state index contributed by atoms with van der Waals surface area (Å²) in [7, 11) is 0. The molecule has 1 heterocycles. The molecule has 0 spiro atoms. The van der Waals surface area contributed by atoms with Gasteiger partial charge in [-0.2, -0.15) is 0 Å². The van der Waals surface area contributed by atoms with Gasteiger partial charge < -0.3 is 10.6 Å². The van der Waals surface area contributed by atoms with E-state index in [9.17, 15) is 14.4 Å². The van der Waals surface area contributed by atoms with Gasteiger partial charge >= 0.3 is 6.03 Å². The largest absolute Gasteiger partial charge is 0.325 e. The molecule has 1 aliphatic rings. The summed E-state index contributed by atoms with van der Waals surface area (Å²) in [6, 6.07) is 10.5. The number of anilines is 1. The van der Waals surface area contributed by atoms with Gasteiger partial charge in [0.2, 0.25) is 5.91 Å². The average Bonchev–Trinajstić information content (AvgIpc) is 2.83. The molecule has 2 aromatic rings. The molecule has 1 saturated heterocycles. The van der Waals surface area contributed by atoms with Gasteiger partial charge in [0.1, 0.15) is 12.1 Å². The number of hydrogen-bond donors (Lipinski definition) is 2. The van der Waals surface area contributed by atoms with Crippen LogP contribution in [0.1, 0.15) is 12.5 Å². The monoisotopic (exact) mass is 425 g/mol. The molecule has 140 valence electrons. The Bertz CT molecular complexity index is 933. The average molecular weight is 427 g/mol. The Hall–Kier alpha value is -2.28. The van der Waals surface area contributed by atoms with E-state index in [2.05, 4.69) is 10.6 Å². The highest BCUT2D eigenvalue weighted by Crippen LogP contribution is 2.33. The number of nitrogens with one attached hydrogen (secondary N) is 2. The van der Waals surface area contributed by atoms with Crippen LogP contribution < -0.4 is 10.6 Å². The van der Waals surface area contributed by atoms with Crippen molar-refractivity contribution in [3.63, 3.8) is 0 Å². The van der Waals surface area contributed by atoms with E-state index < -0.39 is 29.9 Å². The molecular formula is C18H14Cl3N3O3. The van der Waals surface area contributed by atoms with Crippen LogP contribution in [0.2, 0.25) is 15.1 Å². The number of urea groups is 1. The third kappa shape index (κ3) is 3.88. The maximum Gasteiger partial charge on any atom is 0.325 e. The second-order valence-corrected chi connectivity index (χ2v) is 7.38. The number of rotatable bonds is 4. The molecule has 0 bridgehead atoms. The molecule has 1 unspecified atom stereocenters. The molecule has 2 N–H and O–H groups in total. The molecule has 0 radical (unpaired) electrons. The number of amides is 4. The molecule has 1 fully saturated rings. The highest BCUT2D eigenvalue weighted by atomic mass is 35.5. The van der Waals surface area contributed by atoms with Gasteiger partial charge in [-0.25, -0.2) is 4.79 Å². The molecule has 9 heteroatoms. The van der Waals surface area contributed by atoms with Crippen LogP contribution in [-0.4, -0.2) is 29.3 Å². The van der Waals surface area contributed by atoms with E-state index in [4.69, 9.17) is 34.8 Å². The molecule has 3 rings (SSSR count). The molecule has 6 nitrogen and oxygen atoms in total. The van der Waals surface area contributed by atoms with Crippen LogP contribution in [0.5, 0.6) is 0 Å². The van der Waals surface area contributed by atoms with Crippen LogP contribution in [-0.2, 0) is 15.1 Å². The van der Waals surface area contributed by atoms with Crippen molar-refractivity contribution in [2.75, 3.05) is 11.9 Å². The van der Waals surface area contributed by atoms with Crippen molar-refractivity contribution in [1.29, 1.82) is 0 Å². The Morgan fingerprint density at radius 2 is 1.74 bits per heavy atom. The Balaban J connectivity index is 1.76. The Morgan fingerprint density at radius 1 is 1.07 bits per heavy atom. The molecule has 27 heavy (non-hydrogen) atoms. The fourth-order valence-corrected chi connectivity index (χ4v) is 3.14. The Kier molecular flexibility index (Phi) is 5.33. The number of hydrogen-bond acceptors (Lipinski definition) is 3. The number of carbonyl (C=O) groups excluding carboxylic acids is 3. The standard InChI is InChI=1S/C18H14Cl3N3O3/c1-18(10-2-7-13(20)14(21)8-10)16(26)24(17(27)23-18)9-15(25)22-12-5-3-11(19)4-6-12/h2-8H,9H2,1H3,(H,22,25)(H,23,27). The molecular weight excluding hydrogens is 413 g/mol. The van der Waals surface area contributed by atoms with Gasteiger partial charge in [0.05, 0.1) is 10.0 Å². The van der Waals surface area contributed by atoms with E-state index in [-0.39, 0.29) is 5.02 Å². The van der Waals surface area contributed by atoms with Crippen molar-refractivity contribution in [2.45, 2.75) is 12.5 Å². The summed E-state index contributed by atoms with van der Waals surface area (Å²) >= 11 is 17.7. The molecule has 1 atom stereocenters. The van der Waals surface area contributed by atoms with Gasteiger partial charge in [0.25, 0.3) is 5.91 Å². The van der Waals surface area contributed by atoms with Crippen molar-refractivity contribution in [2.24, 2.45) is 0 Å². The summed E-state index contributed by atoms with van der Waals surface area (Å²) in [6.45, 7) is 1.12. The maximum absolute atomic E-state index is 12.8. The molecule has 2 aromatic carbocycles. The lowest BCUT2D eigenvalue weighted by molar-refractivity contribution is -0.133. The smallest absolute Gasteiger partial charge is 0.325 e. The Labute approximate surface area is 170 Å². The summed E-state index contributed by atoms with van der Waals surface area (Å²) in [6.07, 6.45) is 0. The van der Waals surface area contributed by atoms with Crippen LogP contribution in [0.4, 0.5) is 10.5 Å². The third-order valence-electron chi connectivity index (χ3n) is 4.20. The first-order chi connectivity index (χ1) is 12.7. The maximum atomic E-state index is 12.8. The van der Waals surface area contributed by atoms with E-state index in [1.807, 2.05) is 0 Å². The highest BCUT2D eigenvalue weighted by Gasteiger charge is 2.49. The predicted octanol–water partition coefficient (Wildman–Crippen LogP) is 4.05. The number of carbonyl (C=O) groups is 3. The van der Waals surface area contributed by atoms with Crippen molar-refractivity contribution in [1.82, 2.24) is 10.2 Å². The topological polar surface area (TPSA) is 78.5 Å². The minimum absolute atomic E-state index is 0.261.